The number of ether oxygens (including phenoxy) is 2. The molecule has 164 valence electrons. The molecule has 1 aromatic heterocycles. The van der Waals surface area contributed by atoms with Crippen LogP contribution in [0.25, 0.3) is 10.9 Å². The van der Waals surface area contributed by atoms with E-state index in [-0.39, 0.29) is 12.1 Å². The van der Waals surface area contributed by atoms with Gasteiger partial charge in [0.2, 0.25) is 0 Å². The lowest BCUT2D eigenvalue weighted by Crippen LogP contribution is -2.42. The van der Waals surface area contributed by atoms with Gasteiger partial charge in [-0.1, -0.05) is 15.9 Å². The summed E-state index contributed by atoms with van der Waals surface area (Å²) in [5, 5.41) is 6.26. The molecular weight excluding hydrogens is 448 g/mol. The third kappa shape index (κ3) is 4.98. The average molecular weight is 479 g/mol. The molecule has 4 rings (SSSR count). The van der Waals surface area contributed by atoms with Crippen molar-refractivity contribution < 1.29 is 14.3 Å². The van der Waals surface area contributed by atoms with Crippen LogP contribution in [0.2, 0.25) is 0 Å². The number of carbonyl (C=O) groups excluding carboxylic acids is 1. The third-order valence-corrected chi connectivity index (χ3v) is 6.18. The zero-order valence-electron chi connectivity index (χ0n) is 18.1. The van der Waals surface area contributed by atoms with Gasteiger partial charge in [0, 0.05) is 42.6 Å². The third-order valence-electron chi connectivity index (χ3n) is 5.68. The van der Waals surface area contributed by atoms with Crippen LogP contribution in [0, 0.1) is 0 Å². The summed E-state index contributed by atoms with van der Waals surface area (Å²) in [5.41, 5.74) is 1.81. The van der Waals surface area contributed by atoms with Crippen LogP contribution >= 0.6 is 15.9 Å². The molecule has 2 aromatic rings. The van der Waals surface area contributed by atoms with E-state index in [0.717, 1.165) is 61.4 Å². The molecule has 0 radical (unpaired) electrons. The van der Waals surface area contributed by atoms with E-state index < -0.39 is 5.60 Å². The van der Waals surface area contributed by atoms with Crippen molar-refractivity contribution >= 4 is 32.9 Å². The van der Waals surface area contributed by atoms with E-state index >= 15 is 0 Å². The fourth-order valence-corrected chi connectivity index (χ4v) is 4.52. The fraction of sp³-hybridized carbons (Fsp3) is 0.636. The number of hydrogen-bond acceptors (Lipinski definition) is 5. The molecule has 2 aliphatic heterocycles. The number of aromatic nitrogens is 2. The molecule has 0 N–H and O–H groups in total. The highest BCUT2D eigenvalue weighted by Crippen LogP contribution is 2.31. The van der Waals surface area contributed by atoms with Gasteiger partial charge in [-0.2, -0.15) is 5.10 Å². The number of carbonyl (C=O) groups is 1. The minimum Gasteiger partial charge on any atom is -0.444 e. The van der Waals surface area contributed by atoms with Gasteiger partial charge in [0.05, 0.1) is 30.5 Å². The van der Waals surface area contributed by atoms with Gasteiger partial charge in [-0.3, -0.25) is 9.58 Å². The van der Waals surface area contributed by atoms with Gasteiger partial charge >= 0.3 is 6.09 Å². The molecule has 0 bridgehead atoms. The Kier molecular flexibility index (Phi) is 6.36. The van der Waals surface area contributed by atoms with Gasteiger partial charge in [-0.05, 0) is 51.8 Å². The van der Waals surface area contributed by atoms with Crippen LogP contribution in [-0.4, -0.2) is 70.7 Å². The van der Waals surface area contributed by atoms with Gasteiger partial charge in [0.1, 0.15) is 5.60 Å². The van der Waals surface area contributed by atoms with Crippen LogP contribution in [0.1, 0.15) is 45.3 Å². The Morgan fingerprint density at radius 1 is 1.20 bits per heavy atom. The Balaban J connectivity index is 1.51. The van der Waals surface area contributed by atoms with Crippen LogP contribution < -0.4 is 0 Å². The molecule has 2 saturated heterocycles. The number of likely N-dealkylation sites (tertiary alicyclic amines) is 1. The summed E-state index contributed by atoms with van der Waals surface area (Å²) in [6, 6.07) is 6.68. The lowest BCUT2D eigenvalue weighted by atomic mass is 10.1. The summed E-state index contributed by atoms with van der Waals surface area (Å²) < 4.78 is 14.3. The topological polar surface area (TPSA) is 59.8 Å². The van der Waals surface area contributed by atoms with Gasteiger partial charge in [-0.15, -0.1) is 0 Å². The summed E-state index contributed by atoms with van der Waals surface area (Å²) in [4.78, 5) is 16.6. The molecule has 0 saturated carbocycles. The van der Waals surface area contributed by atoms with Crippen molar-refractivity contribution in [2.45, 2.75) is 51.8 Å². The first-order valence-electron chi connectivity index (χ1n) is 10.7. The van der Waals surface area contributed by atoms with Crippen LogP contribution in [-0.2, 0) is 16.0 Å². The second-order valence-corrected chi connectivity index (χ2v) is 10.1. The van der Waals surface area contributed by atoms with E-state index in [1.165, 1.54) is 5.39 Å². The first-order chi connectivity index (χ1) is 14.3. The molecule has 1 amide bonds. The highest BCUT2D eigenvalue weighted by Gasteiger charge is 2.29. The first kappa shape index (κ1) is 21.6. The Labute approximate surface area is 186 Å². The fourth-order valence-electron chi connectivity index (χ4n) is 4.16. The molecule has 1 aromatic carbocycles. The van der Waals surface area contributed by atoms with Crippen molar-refractivity contribution in [1.29, 1.82) is 0 Å². The molecule has 0 unspecified atom stereocenters. The quantitative estimate of drug-likeness (QED) is 0.661. The maximum Gasteiger partial charge on any atom is 0.410 e. The largest absolute Gasteiger partial charge is 0.444 e. The number of halogens is 1. The van der Waals surface area contributed by atoms with Crippen molar-refractivity contribution in [3.63, 3.8) is 0 Å². The molecule has 0 aliphatic carbocycles. The number of rotatable bonds is 3. The van der Waals surface area contributed by atoms with Crippen molar-refractivity contribution in [3.05, 3.63) is 28.4 Å². The SMILES string of the molecule is CC(C)(C)OC(=O)N1CCC(n2nc(CN3CCOCC3)c3cc(Br)ccc32)CC1. The van der Waals surface area contributed by atoms with Gasteiger partial charge < -0.3 is 14.4 Å². The zero-order chi connectivity index (χ0) is 21.3. The maximum absolute atomic E-state index is 12.4. The number of piperidine rings is 1. The van der Waals surface area contributed by atoms with Crippen molar-refractivity contribution in [3.8, 4) is 0 Å². The molecule has 30 heavy (non-hydrogen) atoms. The molecule has 0 spiro atoms. The minimum absolute atomic E-state index is 0.219. The number of amides is 1. The predicted molar refractivity (Wildman–Crippen MR) is 120 cm³/mol. The molecule has 7 nitrogen and oxygen atoms in total. The number of morpholine rings is 1. The van der Waals surface area contributed by atoms with Crippen LogP contribution in [0.15, 0.2) is 22.7 Å². The smallest absolute Gasteiger partial charge is 0.410 e. The number of benzene rings is 1. The lowest BCUT2D eigenvalue weighted by molar-refractivity contribution is 0.0185. The van der Waals surface area contributed by atoms with Gasteiger partial charge in [0.25, 0.3) is 0 Å². The van der Waals surface area contributed by atoms with E-state index in [1.807, 2.05) is 25.7 Å². The summed E-state index contributed by atoms with van der Waals surface area (Å²) in [6.45, 7) is 11.4. The van der Waals surface area contributed by atoms with E-state index in [2.05, 4.69) is 43.7 Å². The molecular formula is C22H31BrN4O3. The molecule has 8 heteroatoms. The van der Waals surface area contributed by atoms with Crippen molar-refractivity contribution in [1.82, 2.24) is 19.6 Å². The Morgan fingerprint density at radius 2 is 1.90 bits per heavy atom. The number of nitrogens with zero attached hydrogens (tertiary/aromatic N) is 4. The summed E-state index contributed by atoms with van der Waals surface area (Å²) >= 11 is 3.62. The Morgan fingerprint density at radius 3 is 2.57 bits per heavy atom. The first-order valence-corrected chi connectivity index (χ1v) is 11.5. The lowest BCUT2D eigenvalue weighted by Gasteiger charge is -2.33. The second-order valence-electron chi connectivity index (χ2n) is 9.14. The van der Waals surface area contributed by atoms with Gasteiger partial charge in [-0.25, -0.2) is 4.79 Å². The monoisotopic (exact) mass is 478 g/mol. The molecule has 2 aliphatic rings. The molecule has 0 atom stereocenters. The Hall–Kier alpha value is -1.64. The predicted octanol–water partition coefficient (Wildman–Crippen LogP) is 4.20. The summed E-state index contributed by atoms with van der Waals surface area (Å²) in [7, 11) is 0. The highest BCUT2D eigenvalue weighted by atomic mass is 79.9. The van der Waals surface area contributed by atoms with Crippen molar-refractivity contribution in [2.75, 3.05) is 39.4 Å². The van der Waals surface area contributed by atoms with E-state index in [4.69, 9.17) is 14.6 Å². The average Bonchev–Trinajstić information content (AvgIpc) is 3.05. The van der Waals surface area contributed by atoms with Crippen LogP contribution in [0.4, 0.5) is 4.79 Å². The second kappa shape index (κ2) is 8.85. The molecule has 3 heterocycles. The summed E-state index contributed by atoms with van der Waals surface area (Å²) in [6.07, 6.45) is 1.54. The minimum atomic E-state index is -0.464. The zero-order valence-corrected chi connectivity index (χ0v) is 19.7. The normalized spacial score (nSPS) is 19.4. The van der Waals surface area contributed by atoms with Crippen LogP contribution in [0.5, 0.6) is 0 Å². The standard InChI is InChI=1S/C22H31BrN4O3/c1-22(2,3)30-21(28)26-8-6-17(7-9-26)27-20-5-4-16(23)14-18(20)19(24-27)15-25-10-12-29-13-11-25/h4-5,14,17H,6-13,15H2,1-3H3. The van der Waals surface area contributed by atoms with Gasteiger partial charge in [0.15, 0.2) is 0 Å². The van der Waals surface area contributed by atoms with Crippen LogP contribution in [0.3, 0.4) is 0 Å². The number of fused-ring (bicyclic) bond motifs is 1. The van der Waals surface area contributed by atoms with E-state index in [1.54, 1.807) is 0 Å². The number of hydrogen-bond donors (Lipinski definition) is 0. The molecule has 2 fully saturated rings. The Bertz CT molecular complexity index is 894. The van der Waals surface area contributed by atoms with E-state index in [9.17, 15) is 4.79 Å². The maximum atomic E-state index is 12.4. The summed E-state index contributed by atoms with van der Waals surface area (Å²) in [5.74, 6) is 0. The highest BCUT2D eigenvalue weighted by molar-refractivity contribution is 9.10. The van der Waals surface area contributed by atoms with E-state index in [0.29, 0.717) is 13.1 Å². The van der Waals surface area contributed by atoms with Crippen molar-refractivity contribution in [2.24, 2.45) is 0 Å².